The number of carbonyl (C=O) groups is 1. The van der Waals surface area contributed by atoms with Crippen molar-refractivity contribution in [1.82, 2.24) is 39.0 Å². The van der Waals surface area contributed by atoms with Crippen molar-refractivity contribution >= 4 is 51.8 Å². The summed E-state index contributed by atoms with van der Waals surface area (Å²) in [7, 11) is 0. The molecule has 6 N–H and O–H groups in total. The molecule has 52 heavy (non-hydrogen) atoms. The summed E-state index contributed by atoms with van der Waals surface area (Å²) in [5, 5.41) is 19.7. The van der Waals surface area contributed by atoms with Crippen LogP contribution in [0.25, 0.3) is 22.3 Å². The van der Waals surface area contributed by atoms with Crippen LogP contribution in [0.1, 0.15) is 56.9 Å². The monoisotopic (exact) mass is 746 g/mol. The Morgan fingerprint density at radius 1 is 0.923 bits per heavy atom. The van der Waals surface area contributed by atoms with Crippen LogP contribution in [0.4, 0.5) is 20.7 Å². The minimum Gasteiger partial charge on any atom is -0.476 e. The van der Waals surface area contributed by atoms with E-state index in [1.54, 1.807) is 44.2 Å². The number of aromatic nitrogens is 8. The molecule has 2 saturated heterocycles. The highest BCUT2D eigenvalue weighted by Crippen LogP contribution is 2.46. The van der Waals surface area contributed by atoms with Gasteiger partial charge in [-0.05, 0) is 39.3 Å². The van der Waals surface area contributed by atoms with Gasteiger partial charge in [0.05, 0.1) is 37.5 Å². The third-order valence-electron chi connectivity index (χ3n) is 8.85. The lowest BCUT2D eigenvalue weighted by Gasteiger charge is -2.31. The van der Waals surface area contributed by atoms with Crippen LogP contribution in [0.5, 0.6) is 5.88 Å². The SMILES string of the molecule is CCOc1nc(N)nc2c1ncn2[C@@H]1O[C@H](CO)[C@@H](F)[C@@]1(C)O.CC[C@H]1O[C@@H](n2cnc3c(Cl)nc(N)nc32)[C@](C)(OC(=O)c2ccccc2)[C@@H]1F. The molecule has 6 heterocycles. The molecule has 0 aliphatic carbocycles. The molecule has 5 aromatic rings. The van der Waals surface area contributed by atoms with Crippen molar-refractivity contribution in [3.05, 3.63) is 53.7 Å². The number of esters is 1. The van der Waals surface area contributed by atoms with Gasteiger partial charge in [0.1, 0.15) is 17.2 Å². The van der Waals surface area contributed by atoms with Crippen LogP contribution >= 0.6 is 11.6 Å². The summed E-state index contributed by atoms with van der Waals surface area (Å²) in [6.45, 7) is 6.17. The van der Waals surface area contributed by atoms with E-state index in [2.05, 4.69) is 29.9 Å². The van der Waals surface area contributed by atoms with Gasteiger partial charge in [-0.1, -0.05) is 36.7 Å². The molecule has 2 aliphatic rings. The van der Waals surface area contributed by atoms with E-state index in [0.717, 1.165) is 0 Å². The van der Waals surface area contributed by atoms with E-state index in [9.17, 15) is 19.4 Å². The van der Waals surface area contributed by atoms with Crippen molar-refractivity contribution in [3.8, 4) is 5.88 Å². The maximum absolute atomic E-state index is 15.4. The largest absolute Gasteiger partial charge is 0.476 e. The molecule has 0 bridgehead atoms. The molecule has 4 aromatic heterocycles. The number of nitrogen functional groups attached to an aromatic ring is 2. The number of alkyl halides is 2. The number of anilines is 2. The molecule has 8 atom stereocenters. The number of hydrogen-bond donors (Lipinski definition) is 4. The molecule has 2 fully saturated rings. The van der Waals surface area contributed by atoms with Crippen molar-refractivity contribution < 1.29 is 42.7 Å². The summed E-state index contributed by atoms with van der Waals surface area (Å²) in [6, 6.07) is 8.38. The van der Waals surface area contributed by atoms with E-state index in [-0.39, 0.29) is 39.7 Å². The zero-order chi connectivity index (χ0) is 37.5. The van der Waals surface area contributed by atoms with Crippen LogP contribution in [-0.4, -0.2) is 104 Å². The van der Waals surface area contributed by atoms with Crippen molar-refractivity contribution in [2.24, 2.45) is 0 Å². The Kier molecular flexibility index (Phi) is 10.2. The lowest BCUT2D eigenvalue weighted by atomic mass is 9.96. The minimum atomic E-state index is -1.87. The number of nitrogens with two attached hydrogens (primary N) is 2. The molecule has 1 aromatic carbocycles. The summed E-state index contributed by atoms with van der Waals surface area (Å²) in [5.41, 5.74) is 9.31. The van der Waals surface area contributed by atoms with E-state index in [1.807, 2.05) is 0 Å². The van der Waals surface area contributed by atoms with Crippen molar-refractivity contribution in [3.63, 3.8) is 0 Å². The summed E-state index contributed by atoms with van der Waals surface area (Å²) in [6.07, 6.45) is -4.27. The first-order valence-electron chi connectivity index (χ1n) is 16.2. The van der Waals surface area contributed by atoms with Crippen LogP contribution in [0.3, 0.4) is 0 Å². The van der Waals surface area contributed by atoms with Gasteiger partial charge in [-0.25, -0.2) is 23.5 Å². The van der Waals surface area contributed by atoms with E-state index < -0.39 is 60.8 Å². The van der Waals surface area contributed by atoms with Crippen molar-refractivity contribution in [1.29, 1.82) is 0 Å². The Morgan fingerprint density at radius 2 is 1.52 bits per heavy atom. The average Bonchev–Trinajstić information content (AvgIpc) is 3.84. The minimum absolute atomic E-state index is 0.0455. The van der Waals surface area contributed by atoms with Crippen LogP contribution in [0.15, 0.2) is 43.0 Å². The number of ether oxygens (including phenoxy) is 4. The van der Waals surface area contributed by atoms with E-state index in [0.29, 0.717) is 24.1 Å². The molecule has 2 aliphatic heterocycles. The van der Waals surface area contributed by atoms with Crippen LogP contribution in [0, 0.1) is 0 Å². The maximum atomic E-state index is 15.4. The average molecular weight is 747 g/mol. The first kappa shape index (κ1) is 37.0. The first-order chi connectivity index (χ1) is 24.7. The fourth-order valence-electron chi connectivity index (χ4n) is 6.21. The second-order valence-electron chi connectivity index (χ2n) is 12.5. The Bertz CT molecular complexity index is 2070. The Labute approximate surface area is 299 Å². The van der Waals surface area contributed by atoms with Gasteiger partial charge in [0.25, 0.3) is 0 Å². The van der Waals surface area contributed by atoms with Gasteiger partial charge in [-0.2, -0.15) is 19.9 Å². The lowest BCUT2D eigenvalue weighted by Crippen LogP contribution is -2.45. The number of imidazole rings is 2. The number of fused-ring (bicyclic) bond motifs is 2. The predicted molar refractivity (Wildman–Crippen MR) is 182 cm³/mol. The lowest BCUT2D eigenvalue weighted by molar-refractivity contribution is -0.0974. The molecule has 278 valence electrons. The quantitative estimate of drug-likeness (QED) is 0.132. The third kappa shape index (κ3) is 6.42. The number of aliphatic hydroxyl groups is 2. The predicted octanol–water partition coefficient (Wildman–Crippen LogP) is 3.11. The number of nitrogens with zero attached hydrogens (tertiary/aromatic N) is 8. The van der Waals surface area contributed by atoms with E-state index in [1.165, 1.54) is 35.6 Å². The normalized spacial score (nSPS) is 28.6. The van der Waals surface area contributed by atoms with Gasteiger partial charge in [-0.15, -0.1) is 0 Å². The van der Waals surface area contributed by atoms with Gasteiger partial charge >= 0.3 is 5.97 Å². The highest BCUT2D eigenvalue weighted by molar-refractivity contribution is 6.33. The second-order valence-corrected chi connectivity index (χ2v) is 12.8. The molecule has 0 spiro atoms. The summed E-state index contributed by atoms with van der Waals surface area (Å²) in [4.78, 5) is 37.1. The van der Waals surface area contributed by atoms with Crippen LogP contribution < -0.4 is 16.2 Å². The number of aliphatic hydroxyl groups excluding tert-OH is 1. The molecule has 7 rings (SSSR count). The van der Waals surface area contributed by atoms with Gasteiger partial charge in [-0.3, -0.25) is 9.13 Å². The van der Waals surface area contributed by atoms with Gasteiger partial charge in [0.15, 0.2) is 52.4 Å². The molecule has 0 saturated carbocycles. The molecular weight excluding hydrogens is 710 g/mol. The topological polar surface area (TPSA) is 234 Å². The Morgan fingerprint density at radius 3 is 2.13 bits per heavy atom. The fourth-order valence-corrected chi connectivity index (χ4v) is 6.43. The van der Waals surface area contributed by atoms with Gasteiger partial charge in [0.2, 0.25) is 17.8 Å². The van der Waals surface area contributed by atoms with E-state index >= 15 is 4.39 Å². The fraction of sp³-hybridized carbons (Fsp3) is 0.469. The van der Waals surface area contributed by atoms with Crippen LogP contribution in [0.2, 0.25) is 5.15 Å². The number of rotatable bonds is 8. The van der Waals surface area contributed by atoms with Crippen LogP contribution in [-0.2, 0) is 14.2 Å². The van der Waals surface area contributed by atoms with Gasteiger partial charge < -0.3 is 40.6 Å². The molecular formula is C32H37ClF2N10O7. The molecule has 17 nitrogen and oxygen atoms in total. The Balaban J connectivity index is 0.000000183. The molecule has 0 amide bonds. The third-order valence-corrected chi connectivity index (χ3v) is 9.11. The van der Waals surface area contributed by atoms with E-state index in [4.69, 9.17) is 42.0 Å². The summed E-state index contributed by atoms with van der Waals surface area (Å²) < 4.78 is 54.9. The zero-order valence-electron chi connectivity index (χ0n) is 28.4. The number of hydrogen-bond acceptors (Lipinski definition) is 15. The Hall–Kier alpha value is -4.82. The first-order valence-corrected chi connectivity index (χ1v) is 16.6. The second kappa shape index (κ2) is 14.3. The highest BCUT2D eigenvalue weighted by Gasteiger charge is 2.58. The zero-order valence-corrected chi connectivity index (χ0v) is 29.2. The summed E-state index contributed by atoms with van der Waals surface area (Å²) >= 11 is 6.10. The highest BCUT2D eigenvalue weighted by atomic mass is 35.5. The van der Waals surface area contributed by atoms with Crippen molar-refractivity contribution in [2.45, 2.75) is 82.3 Å². The molecule has 0 unspecified atom stereocenters. The number of benzene rings is 1. The van der Waals surface area contributed by atoms with Gasteiger partial charge in [0, 0.05) is 0 Å². The smallest absolute Gasteiger partial charge is 0.338 e. The molecule has 0 radical (unpaired) electrons. The summed E-state index contributed by atoms with van der Waals surface area (Å²) in [5.74, 6) is -0.565. The standard InChI is InChI=1S/C19H19ClFN5O3.C13H18FN5O4/c1-3-11-13(21)19(2,29-16(27)10-7-5-4-6-8-10)17(28-11)26-9-23-12-14(20)24-18(22)25-15(12)26;1-3-22-10-7-9(17-12(15)18-10)19(5-16-7)11-13(2,21)8(14)6(4-20)23-11/h4-9,11,13,17H,3H2,1-2H3,(H2,22,24,25);5-6,8,11,20-21H,3-4H2,1-2H3,(H2,15,17,18)/t11-,13-,17-,19-;6-,8-,11-,13-/m11/s1. The number of halogens is 3. The van der Waals surface area contributed by atoms with Crippen molar-refractivity contribution in [2.75, 3.05) is 24.7 Å². The molecule has 20 heteroatoms. The number of carbonyl (C=O) groups excluding carboxylic acids is 1. The maximum Gasteiger partial charge on any atom is 0.338 e.